The summed E-state index contributed by atoms with van der Waals surface area (Å²) >= 11 is 0. The molecule has 0 aliphatic carbocycles. The predicted octanol–water partition coefficient (Wildman–Crippen LogP) is 2.68. The minimum Gasteiger partial charge on any atom is -0.486 e. The molecule has 8 heteroatoms. The number of benzene rings is 2. The third-order valence-corrected chi connectivity index (χ3v) is 4.51. The normalized spacial score (nSPS) is 12.4. The molecule has 0 bridgehead atoms. The molecule has 4 rings (SSSR count). The number of carbonyl (C=O) groups is 2. The van der Waals surface area contributed by atoms with E-state index in [2.05, 4.69) is 0 Å². The van der Waals surface area contributed by atoms with Crippen LogP contribution in [0.3, 0.4) is 0 Å². The van der Waals surface area contributed by atoms with Crippen LogP contribution in [0.2, 0.25) is 0 Å². The van der Waals surface area contributed by atoms with Crippen LogP contribution in [0.25, 0.3) is 11.0 Å². The Kier molecular flexibility index (Phi) is 5.38. The Labute approximate surface area is 170 Å². The smallest absolute Gasteiger partial charge is 0.344 e. The second kappa shape index (κ2) is 8.28. The number of hydrogen-bond acceptors (Lipinski definition) is 8. The quantitative estimate of drug-likeness (QED) is 0.347. The molecule has 2 aromatic carbocycles. The lowest BCUT2D eigenvalue weighted by Gasteiger charge is -2.18. The molecule has 0 radical (unpaired) electrons. The highest BCUT2D eigenvalue weighted by atomic mass is 16.6. The van der Waals surface area contributed by atoms with Crippen molar-refractivity contribution in [2.24, 2.45) is 0 Å². The van der Waals surface area contributed by atoms with Crippen molar-refractivity contribution in [1.82, 2.24) is 0 Å². The maximum absolute atomic E-state index is 12.3. The first-order chi connectivity index (χ1) is 14.5. The van der Waals surface area contributed by atoms with Gasteiger partial charge in [-0.2, -0.15) is 0 Å². The maximum Gasteiger partial charge on any atom is 0.344 e. The summed E-state index contributed by atoms with van der Waals surface area (Å²) in [5.41, 5.74) is 1.03. The molecule has 0 atom stereocenters. The van der Waals surface area contributed by atoms with Gasteiger partial charge in [-0.15, -0.1) is 0 Å². The lowest BCUT2D eigenvalue weighted by Crippen LogP contribution is -2.20. The van der Waals surface area contributed by atoms with Crippen molar-refractivity contribution < 1.29 is 33.0 Å². The Hall–Kier alpha value is -3.81. The van der Waals surface area contributed by atoms with Crippen molar-refractivity contribution in [3.63, 3.8) is 0 Å². The zero-order valence-corrected chi connectivity index (χ0v) is 16.1. The van der Waals surface area contributed by atoms with E-state index in [0.717, 1.165) is 10.9 Å². The number of ketones is 1. The van der Waals surface area contributed by atoms with Gasteiger partial charge in [-0.3, -0.25) is 4.79 Å². The average molecular weight is 410 g/mol. The lowest BCUT2D eigenvalue weighted by molar-refractivity contribution is -0.144. The Morgan fingerprint density at radius 1 is 0.967 bits per heavy atom. The van der Waals surface area contributed by atoms with Crippen molar-refractivity contribution >= 4 is 22.7 Å². The number of fused-ring (bicyclic) bond motifs is 2. The summed E-state index contributed by atoms with van der Waals surface area (Å²) in [4.78, 5) is 35.7. The number of Topliss-reactive ketones (excluding diaryl/α,β-unsaturated/α-hetero) is 1. The number of rotatable bonds is 6. The van der Waals surface area contributed by atoms with Crippen LogP contribution in [0, 0.1) is 6.92 Å². The van der Waals surface area contributed by atoms with Crippen LogP contribution in [0.1, 0.15) is 15.9 Å². The van der Waals surface area contributed by atoms with Gasteiger partial charge in [0.2, 0.25) is 0 Å². The third-order valence-electron chi connectivity index (χ3n) is 4.51. The van der Waals surface area contributed by atoms with Gasteiger partial charge in [0, 0.05) is 23.1 Å². The Morgan fingerprint density at radius 3 is 2.60 bits per heavy atom. The minimum absolute atomic E-state index is 0.339. The van der Waals surface area contributed by atoms with Gasteiger partial charge >= 0.3 is 11.6 Å². The highest BCUT2D eigenvalue weighted by Crippen LogP contribution is 2.30. The topological polar surface area (TPSA) is 101 Å². The first-order valence-corrected chi connectivity index (χ1v) is 9.25. The van der Waals surface area contributed by atoms with Gasteiger partial charge in [0.05, 0.1) is 0 Å². The number of carbonyl (C=O) groups excluding carboxylic acids is 2. The summed E-state index contributed by atoms with van der Waals surface area (Å²) in [5, 5.41) is 0.773. The number of esters is 1. The van der Waals surface area contributed by atoms with Gasteiger partial charge in [-0.1, -0.05) is 0 Å². The van der Waals surface area contributed by atoms with Crippen molar-refractivity contribution in [3.05, 3.63) is 64.0 Å². The Balaban J connectivity index is 1.32. The summed E-state index contributed by atoms with van der Waals surface area (Å²) in [6.07, 6.45) is 0. The summed E-state index contributed by atoms with van der Waals surface area (Å²) in [5.74, 6) is 0.325. The Morgan fingerprint density at radius 2 is 1.77 bits per heavy atom. The molecule has 1 aromatic heterocycles. The van der Waals surface area contributed by atoms with E-state index in [4.69, 9.17) is 23.4 Å². The van der Waals surface area contributed by atoms with Crippen LogP contribution in [0.4, 0.5) is 0 Å². The standard InChI is InChI=1S/C22H18O8/c1-13-8-21(24)30-19-10-15(3-4-16(13)19)28-12-22(25)29-11-17(23)14-2-5-18-20(9-14)27-7-6-26-18/h2-5,8-10H,6-7,11-12H2,1H3. The SMILES string of the molecule is Cc1cc(=O)oc2cc(OCC(=O)OCC(=O)c3ccc4c(c3)OCCO4)ccc12. The van der Waals surface area contributed by atoms with E-state index < -0.39 is 24.8 Å². The monoisotopic (exact) mass is 410 g/mol. The molecule has 0 fully saturated rings. The molecule has 2 heterocycles. The van der Waals surface area contributed by atoms with E-state index in [1.165, 1.54) is 12.1 Å². The highest BCUT2D eigenvalue weighted by molar-refractivity contribution is 5.98. The summed E-state index contributed by atoms with van der Waals surface area (Å²) in [6.45, 7) is 1.86. The van der Waals surface area contributed by atoms with Crippen molar-refractivity contribution in [2.45, 2.75) is 6.92 Å². The molecule has 154 valence electrons. The number of hydrogen-bond donors (Lipinski definition) is 0. The molecule has 0 saturated heterocycles. The van der Waals surface area contributed by atoms with E-state index in [9.17, 15) is 14.4 Å². The van der Waals surface area contributed by atoms with Crippen LogP contribution >= 0.6 is 0 Å². The molecule has 0 saturated carbocycles. The fraction of sp³-hybridized carbons (Fsp3) is 0.227. The average Bonchev–Trinajstić information content (AvgIpc) is 2.75. The second-order valence-electron chi connectivity index (χ2n) is 6.64. The largest absolute Gasteiger partial charge is 0.486 e. The molecular weight excluding hydrogens is 392 g/mol. The van der Waals surface area contributed by atoms with E-state index >= 15 is 0 Å². The molecule has 1 aliphatic heterocycles. The van der Waals surface area contributed by atoms with E-state index in [1.54, 1.807) is 37.3 Å². The highest BCUT2D eigenvalue weighted by Gasteiger charge is 2.16. The minimum atomic E-state index is -0.702. The third kappa shape index (κ3) is 4.27. The summed E-state index contributed by atoms with van der Waals surface area (Å²) in [7, 11) is 0. The van der Waals surface area contributed by atoms with Crippen LogP contribution in [-0.2, 0) is 9.53 Å². The first-order valence-electron chi connectivity index (χ1n) is 9.25. The van der Waals surface area contributed by atoms with E-state index in [-0.39, 0.29) is 5.78 Å². The molecule has 30 heavy (non-hydrogen) atoms. The van der Waals surface area contributed by atoms with Crippen molar-refractivity contribution in [2.75, 3.05) is 26.4 Å². The van der Waals surface area contributed by atoms with Crippen molar-refractivity contribution in [1.29, 1.82) is 0 Å². The molecule has 3 aromatic rings. The Bertz CT molecular complexity index is 1180. The van der Waals surface area contributed by atoms with E-state index in [0.29, 0.717) is 41.6 Å². The first kappa shape index (κ1) is 19.5. The number of ether oxygens (including phenoxy) is 4. The zero-order chi connectivity index (χ0) is 21.1. The van der Waals surface area contributed by atoms with Crippen LogP contribution in [-0.4, -0.2) is 38.2 Å². The van der Waals surface area contributed by atoms with Gasteiger partial charge in [0.15, 0.2) is 30.5 Å². The molecule has 0 unspecified atom stereocenters. The summed E-state index contributed by atoms with van der Waals surface area (Å²) < 4.78 is 26.4. The lowest BCUT2D eigenvalue weighted by atomic mass is 10.1. The molecular formula is C22H18O8. The summed E-state index contributed by atoms with van der Waals surface area (Å²) in [6, 6.07) is 11.1. The van der Waals surface area contributed by atoms with Gasteiger partial charge in [-0.25, -0.2) is 9.59 Å². The van der Waals surface area contributed by atoms with Gasteiger partial charge in [-0.05, 0) is 42.8 Å². The fourth-order valence-corrected chi connectivity index (χ4v) is 3.03. The predicted molar refractivity (Wildman–Crippen MR) is 105 cm³/mol. The van der Waals surface area contributed by atoms with E-state index in [1.807, 2.05) is 0 Å². The van der Waals surface area contributed by atoms with Gasteiger partial charge in [0.25, 0.3) is 0 Å². The van der Waals surface area contributed by atoms with Gasteiger partial charge in [0.1, 0.15) is 24.5 Å². The zero-order valence-electron chi connectivity index (χ0n) is 16.1. The molecule has 0 amide bonds. The maximum atomic E-state index is 12.3. The number of aryl methyl sites for hydroxylation is 1. The molecule has 1 aliphatic rings. The molecule has 8 nitrogen and oxygen atoms in total. The van der Waals surface area contributed by atoms with Crippen molar-refractivity contribution in [3.8, 4) is 17.2 Å². The fourth-order valence-electron chi connectivity index (χ4n) is 3.03. The van der Waals surface area contributed by atoms with Crippen LogP contribution in [0.5, 0.6) is 17.2 Å². The van der Waals surface area contributed by atoms with Crippen LogP contribution in [0.15, 0.2) is 51.7 Å². The molecule has 0 N–H and O–H groups in total. The second-order valence-corrected chi connectivity index (χ2v) is 6.64. The van der Waals surface area contributed by atoms with Gasteiger partial charge < -0.3 is 23.4 Å². The van der Waals surface area contributed by atoms with Crippen LogP contribution < -0.4 is 19.8 Å². The molecule has 0 spiro atoms.